The molecule has 0 unspecified atom stereocenters. The van der Waals surface area contributed by atoms with Crippen LogP contribution in [0, 0.1) is 0 Å². The fraction of sp³-hybridized carbons (Fsp3) is 0.571. The van der Waals surface area contributed by atoms with Gasteiger partial charge in [-0.2, -0.15) is 0 Å². The smallest absolute Gasteiger partial charge is 0.141 e. The number of nitrogens with two attached hydrogens (primary N) is 1. The lowest BCUT2D eigenvalue weighted by molar-refractivity contribution is 0.190. The van der Waals surface area contributed by atoms with Crippen LogP contribution in [0.1, 0.15) is 6.42 Å². The zero-order chi connectivity index (χ0) is 8.10. The summed E-state index contributed by atoms with van der Waals surface area (Å²) < 4.78 is 6.86. The number of imidazole rings is 1. The molecular formula is C7H13N3O. The molecule has 0 aliphatic heterocycles. The van der Waals surface area contributed by atoms with Crippen LogP contribution in [0.25, 0.3) is 0 Å². The van der Waals surface area contributed by atoms with E-state index in [1.807, 2.05) is 10.8 Å². The predicted molar refractivity (Wildman–Crippen MR) is 43.1 cm³/mol. The van der Waals surface area contributed by atoms with Gasteiger partial charge < -0.3 is 15.0 Å². The standard InChI is InChI=1S/C7H13N3O/c1-11-4-2-3-10-5-7(8)9-6-10/h5-6H,2-4,8H2,1H3. The molecule has 0 atom stereocenters. The van der Waals surface area contributed by atoms with Crippen molar-refractivity contribution in [3.63, 3.8) is 0 Å². The molecule has 1 aromatic heterocycles. The molecule has 0 saturated carbocycles. The third kappa shape index (κ3) is 2.59. The van der Waals surface area contributed by atoms with Gasteiger partial charge in [0.05, 0.1) is 6.33 Å². The highest BCUT2D eigenvalue weighted by atomic mass is 16.5. The van der Waals surface area contributed by atoms with Gasteiger partial charge >= 0.3 is 0 Å². The molecule has 0 saturated heterocycles. The third-order valence-electron chi connectivity index (χ3n) is 1.42. The predicted octanol–water partition coefficient (Wildman–Crippen LogP) is 0.502. The Hall–Kier alpha value is -1.03. The van der Waals surface area contributed by atoms with Gasteiger partial charge in [0.1, 0.15) is 5.82 Å². The van der Waals surface area contributed by atoms with Crippen molar-refractivity contribution in [2.75, 3.05) is 19.5 Å². The van der Waals surface area contributed by atoms with Crippen LogP contribution in [-0.2, 0) is 11.3 Å². The van der Waals surface area contributed by atoms with Gasteiger partial charge in [0.15, 0.2) is 0 Å². The van der Waals surface area contributed by atoms with E-state index in [2.05, 4.69) is 4.98 Å². The largest absolute Gasteiger partial charge is 0.385 e. The summed E-state index contributed by atoms with van der Waals surface area (Å²) in [7, 11) is 1.70. The van der Waals surface area contributed by atoms with E-state index in [4.69, 9.17) is 10.5 Å². The Morgan fingerprint density at radius 3 is 3.09 bits per heavy atom. The normalized spacial score (nSPS) is 10.3. The lowest BCUT2D eigenvalue weighted by Crippen LogP contribution is -1.98. The van der Waals surface area contributed by atoms with Gasteiger partial charge in [-0.3, -0.25) is 0 Å². The van der Waals surface area contributed by atoms with Crippen LogP contribution in [0.2, 0.25) is 0 Å². The number of rotatable bonds is 4. The van der Waals surface area contributed by atoms with Gasteiger partial charge in [0, 0.05) is 26.5 Å². The molecule has 4 nitrogen and oxygen atoms in total. The molecule has 0 aromatic carbocycles. The second-order valence-corrected chi connectivity index (χ2v) is 2.38. The van der Waals surface area contributed by atoms with Crippen LogP contribution >= 0.6 is 0 Å². The van der Waals surface area contributed by atoms with Crippen molar-refractivity contribution in [2.45, 2.75) is 13.0 Å². The average molecular weight is 155 g/mol. The quantitative estimate of drug-likeness (QED) is 0.644. The van der Waals surface area contributed by atoms with Crippen LogP contribution in [0.15, 0.2) is 12.5 Å². The van der Waals surface area contributed by atoms with Crippen molar-refractivity contribution in [1.82, 2.24) is 9.55 Å². The Labute approximate surface area is 66.0 Å². The van der Waals surface area contributed by atoms with Crippen molar-refractivity contribution in [3.8, 4) is 0 Å². The first-order valence-corrected chi connectivity index (χ1v) is 3.59. The van der Waals surface area contributed by atoms with E-state index in [0.717, 1.165) is 19.6 Å². The van der Waals surface area contributed by atoms with Crippen LogP contribution in [0.4, 0.5) is 5.82 Å². The van der Waals surface area contributed by atoms with Crippen LogP contribution in [0.3, 0.4) is 0 Å². The monoisotopic (exact) mass is 155 g/mol. The summed E-state index contributed by atoms with van der Waals surface area (Å²) in [5.74, 6) is 0.572. The fourth-order valence-electron chi connectivity index (χ4n) is 0.891. The topological polar surface area (TPSA) is 53.1 Å². The summed E-state index contributed by atoms with van der Waals surface area (Å²) in [5, 5.41) is 0. The van der Waals surface area contributed by atoms with Gasteiger partial charge in [0.25, 0.3) is 0 Å². The number of methoxy groups -OCH3 is 1. The van der Waals surface area contributed by atoms with Crippen LogP contribution in [0.5, 0.6) is 0 Å². The van der Waals surface area contributed by atoms with Crippen LogP contribution in [-0.4, -0.2) is 23.3 Å². The second-order valence-electron chi connectivity index (χ2n) is 2.38. The minimum atomic E-state index is 0.572. The van der Waals surface area contributed by atoms with E-state index in [0.29, 0.717) is 5.82 Å². The summed E-state index contributed by atoms with van der Waals surface area (Å²) in [4.78, 5) is 3.90. The first-order chi connectivity index (χ1) is 5.33. The Bertz CT molecular complexity index is 209. The third-order valence-corrected chi connectivity index (χ3v) is 1.42. The summed E-state index contributed by atoms with van der Waals surface area (Å²) >= 11 is 0. The molecule has 0 aliphatic carbocycles. The van der Waals surface area contributed by atoms with E-state index in [9.17, 15) is 0 Å². The van der Waals surface area contributed by atoms with Crippen molar-refractivity contribution in [1.29, 1.82) is 0 Å². The Kier molecular flexibility index (Phi) is 2.92. The van der Waals surface area contributed by atoms with E-state index in [-0.39, 0.29) is 0 Å². The minimum absolute atomic E-state index is 0.572. The molecule has 2 N–H and O–H groups in total. The number of aryl methyl sites for hydroxylation is 1. The van der Waals surface area contributed by atoms with Crippen molar-refractivity contribution < 1.29 is 4.74 Å². The van der Waals surface area contributed by atoms with Crippen molar-refractivity contribution >= 4 is 5.82 Å². The maximum Gasteiger partial charge on any atom is 0.141 e. The van der Waals surface area contributed by atoms with E-state index < -0.39 is 0 Å². The lowest BCUT2D eigenvalue weighted by Gasteiger charge is -1.99. The average Bonchev–Trinajstić information content (AvgIpc) is 2.37. The first-order valence-electron chi connectivity index (χ1n) is 3.59. The molecule has 4 heteroatoms. The molecule has 1 aromatic rings. The van der Waals surface area contributed by atoms with Gasteiger partial charge in [-0.1, -0.05) is 0 Å². The summed E-state index contributed by atoms with van der Waals surface area (Å²) in [6.45, 7) is 1.69. The fourth-order valence-corrected chi connectivity index (χ4v) is 0.891. The maximum absolute atomic E-state index is 5.42. The number of hydrogen-bond acceptors (Lipinski definition) is 3. The molecule has 0 aliphatic rings. The lowest BCUT2D eigenvalue weighted by atomic mass is 10.4. The zero-order valence-electron chi connectivity index (χ0n) is 6.66. The van der Waals surface area contributed by atoms with Crippen molar-refractivity contribution in [2.24, 2.45) is 0 Å². The molecule has 1 heterocycles. The van der Waals surface area contributed by atoms with Gasteiger partial charge in [0.2, 0.25) is 0 Å². The zero-order valence-corrected chi connectivity index (χ0v) is 6.66. The highest BCUT2D eigenvalue weighted by molar-refractivity contribution is 5.22. The Balaban J connectivity index is 2.27. The highest BCUT2D eigenvalue weighted by Crippen LogP contribution is 1.97. The highest BCUT2D eigenvalue weighted by Gasteiger charge is 1.92. The van der Waals surface area contributed by atoms with E-state index in [1.54, 1.807) is 13.4 Å². The van der Waals surface area contributed by atoms with Crippen LogP contribution < -0.4 is 5.73 Å². The molecule has 0 bridgehead atoms. The number of aromatic nitrogens is 2. The molecule has 0 radical (unpaired) electrons. The molecule has 0 fully saturated rings. The molecular weight excluding hydrogens is 142 g/mol. The van der Waals surface area contributed by atoms with Crippen molar-refractivity contribution in [3.05, 3.63) is 12.5 Å². The second kappa shape index (κ2) is 3.98. The number of nitrogens with zero attached hydrogens (tertiary/aromatic N) is 2. The summed E-state index contributed by atoms with van der Waals surface area (Å²) in [6.07, 6.45) is 4.53. The molecule has 0 spiro atoms. The minimum Gasteiger partial charge on any atom is -0.385 e. The van der Waals surface area contributed by atoms with Gasteiger partial charge in [-0.05, 0) is 6.42 Å². The molecule has 1 rings (SSSR count). The molecule has 11 heavy (non-hydrogen) atoms. The number of ether oxygens (including phenoxy) is 1. The number of nitrogen functional groups attached to an aromatic ring is 1. The van der Waals surface area contributed by atoms with E-state index in [1.165, 1.54) is 0 Å². The maximum atomic E-state index is 5.42. The molecule has 0 amide bonds. The molecule has 62 valence electrons. The Morgan fingerprint density at radius 2 is 2.55 bits per heavy atom. The SMILES string of the molecule is COCCCn1cnc(N)c1. The first kappa shape index (κ1) is 8.07. The number of hydrogen-bond donors (Lipinski definition) is 1. The van der Waals surface area contributed by atoms with Gasteiger partial charge in [-0.15, -0.1) is 0 Å². The Morgan fingerprint density at radius 1 is 1.73 bits per heavy atom. The van der Waals surface area contributed by atoms with E-state index >= 15 is 0 Å². The summed E-state index contributed by atoms with van der Waals surface area (Å²) in [5.41, 5.74) is 5.42. The summed E-state index contributed by atoms with van der Waals surface area (Å²) in [6, 6.07) is 0. The van der Waals surface area contributed by atoms with Gasteiger partial charge in [-0.25, -0.2) is 4.98 Å². The number of anilines is 1.